The number of halogens is 2. The number of hydrogen-bond donors (Lipinski definition) is 1. The number of guanidine groups is 1. The standard InChI is InChI=1S/C21H33ClN4O2.HI/c1-23-20(25(2)12-15-28-19-7-5-6-18(22)16-19)24-17-21(8-13-27-14-9-21)26-10-3-4-11-26;/h5-7,16H,3-4,8-15,17H2,1-2H3,(H,23,24);1H. The van der Waals surface area contributed by atoms with Gasteiger partial charge in [0, 0.05) is 44.4 Å². The monoisotopic (exact) mass is 536 g/mol. The van der Waals surface area contributed by atoms with E-state index in [1.165, 1.54) is 25.9 Å². The molecule has 1 aromatic carbocycles. The Hall–Kier alpha value is -0.770. The number of aliphatic imine (C=N–C) groups is 1. The van der Waals surface area contributed by atoms with Gasteiger partial charge in [-0.05, 0) is 57.0 Å². The van der Waals surface area contributed by atoms with Crippen LogP contribution in [0.25, 0.3) is 0 Å². The minimum atomic E-state index is 0. The highest BCUT2D eigenvalue weighted by Crippen LogP contribution is 2.30. The fourth-order valence-electron chi connectivity index (χ4n) is 4.14. The number of benzene rings is 1. The third-order valence-corrected chi connectivity index (χ3v) is 6.08. The van der Waals surface area contributed by atoms with Crippen LogP contribution in [0.3, 0.4) is 0 Å². The smallest absolute Gasteiger partial charge is 0.193 e. The first-order valence-corrected chi connectivity index (χ1v) is 10.6. The average Bonchev–Trinajstić information content (AvgIpc) is 3.25. The zero-order chi connectivity index (χ0) is 19.8. The van der Waals surface area contributed by atoms with Crippen molar-refractivity contribution in [3.05, 3.63) is 29.3 Å². The van der Waals surface area contributed by atoms with E-state index < -0.39 is 0 Å². The Morgan fingerprint density at radius 3 is 2.69 bits per heavy atom. The summed E-state index contributed by atoms with van der Waals surface area (Å²) in [5.41, 5.74) is 0.183. The molecule has 3 rings (SSSR count). The van der Waals surface area contributed by atoms with Crippen LogP contribution in [0.4, 0.5) is 0 Å². The zero-order valence-electron chi connectivity index (χ0n) is 17.5. The van der Waals surface area contributed by atoms with Gasteiger partial charge in [0.25, 0.3) is 0 Å². The lowest BCUT2D eigenvalue weighted by Crippen LogP contribution is -2.58. The van der Waals surface area contributed by atoms with Gasteiger partial charge in [-0.1, -0.05) is 17.7 Å². The molecule has 6 nitrogen and oxygen atoms in total. The van der Waals surface area contributed by atoms with Crippen molar-refractivity contribution < 1.29 is 9.47 Å². The summed E-state index contributed by atoms with van der Waals surface area (Å²) in [6.45, 7) is 6.31. The number of hydrogen-bond acceptors (Lipinski definition) is 4. The maximum absolute atomic E-state index is 6.01. The minimum Gasteiger partial charge on any atom is -0.492 e. The van der Waals surface area contributed by atoms with Crippen LogP contribution in [0.5, 0.6) is 5.75 Å². The molecular weight excluding hydrogens is 503 g/mol. The predicted molar refractivity (Wildman–Crippen MR) is 130 cm³/mol. The van der Waals surface area contributed by atoms with Crippen molar-refractivity contribution in [1.29, 1.82) is 0 Å². The van der Waals surface area contributed by atoms with E-state index in [1.54, 1.807) is 0 Å². The molecular formula is C21H34ClIN4O2. The molecule has 0 bridgehead atoms. The van der Waals surface area contributed by atoms with Crippen LogP contribution in [0.15, 0.2) is 29.3 Å². The van der Waals surface area contributed by atoms with Gasteiger partial charge in [0.15, 0.2) is 5.96 Å². The molecule has 2 fully saturated rings. The summed E-state index contributed by atoms with van der Waals surface area (Å²) in [6, 6.07) is 7.50. The Kier molecular flexibility index (Phi) is 10.3. The second-order valence-electron chi connectivity index (χ2n) is 7.66. The minimum absolute atomic E-state index is 0. The molecule has 0 saturated carbocycles. The molecule has 0 aromatic heterocycles. The molecule has 164 valence electrons. The molecule has 0 unspecified atom stereocenters. The molecule has 8 heteroatoms. The van der Waals surface area contributed by atoms with E-state index in [2.05, 4.69) is 20.1 Å². The van der Waals surface area contributed by atoms with Crippen LogP contribution in [-0.2, 0) is 4.74 Å². The molecule has 2 heterocycles. The van der Waals surface area contributed by atoms with Crippen molar-refractivity contribution in [3.8, 4) is 5.75 Å². The van der Waals surface area contributed by atoms with Crippen LogP contribution >= 0.6 is 35.6 Å². The zero-order valence-corrected chi connectivity index (χ0v) is 20.6. The summed E-state index contributed by atoms with van der Waals surface area (Å²) in [5, 5.41) is 4.30. The van der Waals surface area contributed by atoms with Gasteiger partial charge in [-0.25, -0.2) is 0 Å². The van der Waals surface area contributed by atoms with Crippen LogP contribution in [0.2, 0.25) is 5.02 Å². The van der Waals surface area contributed by atoms with E-state index >= 15 is 0 Å². The SMILES string of the molecule is CN=C(NCC1(N2CCCC2)CCOCC1)N(C)CCOc1cccc(Cl)c1.I. The van der Waals surface area contributed by atoms with Gasteiger partial charge in [-0.2, -0.15) is 0 Å². The first-order chi connectivity index (χ1) is 13.6. The Morgan fingerprint density at radius 2 is 2.03 bits per heavy atom. The lowest BCUT2D eigenvalue weighted by Gasteiger charge is -2.45. The molecule has 0 atom stereocenters. The van der Waals surface area contributed by atoms with Gasteiger partial charge in [0.1, 0.15) is 12.4 Å². The van der Waals surface area contributed by atoms with E-state index in [1.807, 2.05) is 38.4 Å². The van der Waals surface area contributed by atoms with E-state index in [9.17, 15) is 0 Å². The number of nitrogens with zero attached hydrogens (tertiary/aromatic N) is 3. The third kappa shape index (κ3) is 6.87. The highest BCUT2D eigenvalue weighted by atomic mass is 127. The quantitative estimate of drug-likeness (QED) is 0.329. The number of rotatable bonds is 7. The van der Waals surface area contributed by atoms with Crippen molar-refractivity contribution in [2.45, 2.75) is 31.2 Å². The Bertz CT molecular complexity index is 649. The molecule has 29 heavy (non-hydrogen) atoms. The predicted octanol–water partition coefficient (Wildman–Crippen LogP) is 3.49. The normalized spacial score (nSPS) is 19.5. The molecule has 2 saturated heterocycles. The lowest BCUT2D eigenvalue weighted by atomic mass is 9.88. The highest BCUT2D eigenvalue weighted by Gasteiger charge is 2.39. The Labute approximate surface area is 197 Å². The average molecular weight is 537 g/mol. The third-order valence-electron chi connectivity index (χ3n) is 5.84. The van der Waals surface area contributed by atoms with Gasteiger partial charge >= 0.3 is 0 Å². The number of ether oxygens (including phenoxy) is 2. The maximum atomic E-state index is 6.01. The molecule has 0 spiro atoms. The largest absolute Gasteiger partial charge is 0.492 e. The first kappa shape index (κ1) is 24.5. The molecule has 2 aliphatic heterocycles. The van der Waals surface area contributed by atoms with Crippen molar-refractivity contribution in [2.75, 3.05) is 60.1 Å². The fraction of sp³-hybridized carbons (Fsp3) is 0.667. The number of nitrogens with one attached hydrogen (secondary N) is 1. The molecule has 2 aliphatic rings. The fourth-order valence-corrected chi connectivity index (χ4v) is 4.32. The topological polar surface area (TPSA) is 49.3 Å². The first-order valence-electron chi connectivity index (χ1n) is 10.3. The lowest BCUT2D eigenvalue weighted by molar-refractivity contribution is -0.0166. The van der Waals surface area contributed by atoms with Gasteiger partial charge in [0.05, 0.1) is 6.54 Å². The maximum Gasteiger partial charge on any atom is 0.193 e. The molecule has 0 radical (unpaired) electrons. The summed E-state index contributed by atoms with van der Waals surface area (Å²) in [7, 11) is 3.88. The van der Waals surface area contributed by atoms with E-state index in [0.29, 0.717) is 11.6 Å². The molecule has 1 N–H and O–H groups in total. The Balaban J connectivity index is 0.00000300. The summed E-state index contributed by atoms with van der Waals surface area (Å²) >= 11 is 6.01. The summed E-state index contributed by atoms with van der Waals surface area (Å²) in [6.07, 6.45) is 4.77. The Morgan fingerprint density at radius 1 is 1.31 bits per heavy atom. The van der Waals surface area contributed by atoms with E-state index in [0.717, 1.165) is 50.9 Å². The molecule has 0 amide bonds. The van der Waals surface area contributed by atoms with Crippen molar-refractivity contribution >= 4 is 41.5 Å². The van der Waals surface area contributed by atoms with Crippen LogP contribution in [-0.4, -0.2) is 81.4 Å². The van der Waals surface area contributed by atoms with Crippen LogP contribution in [0, 0.1) is 0 Å². The van der Waals surface area contributed by atoms with Crippen molar-refractivity contribution in [1.82, 2.24) is 15.1 Å². The molecule has 1 aromatic rings. The van der Waals surface area contributed by atoms with Crippen molar-refractivity contribution in [2.24, 2.45) is 4.99 Å². The van der Waals surface area contributed by atoms with Gasteiger partial charge in [0.2, 0.25) is 0 Å². The van der Waals surface area contributed by atoms with Crippen LogP contribution < -0.4 is 10.1 Å². The van der Waals surface area contributed by atoms with E-state index in [4.69, 9.17) is 21.1 Å². The second kappa shape index (κ2) is 12.2. The summed E-state index contributed by atoms with van der Waals surface area (Å²) in [4.78, 5) is 9.25. The number of likely N-dealkylation sites (tertiary alicyclic amines) is 1. The molecule has 0 aliphatic carbocycles. The van der Waals surface area contributed by atoms with Gasteiger partial charge in [-0.15, -0.1) is 24.0 Å². The second-order valence-corrected chi connectivity index (χ2v) is 8.10. The van der Waals surface area contributed by atoms with Crippen LogP contribution in [0.1, 0.15) is 25.7 Å². The highest BCUT2D eigenvalue weighted by molar-refractivity contribution is 14.0. The number of likely N-dealkylation sites (N-methyl/N-ethyl adjacent to an activating group) is 1. The van der Waals surface area contributed by atoms with Gasteiger partial charge in [-0.3, -0.25) is 9.89 Å². The summed E-state index contributed by atoms with van der Waals surface area (Å²) in [5.74, 6) is 1.69. The summed E-state index contributed by atoms with van der Waals surface area (Å²) < 4.78 is 11.5. The van der Waals surface area contributed by atoms with Crippen molar-refractivity contribution in [3.63, 3.8) is 0 Å². The van der Waals surface area contributed by atoms with Gasteiger partial charge < -0.3 is 19.7 Å². The van der Waals surface area contributed by atoms with E-state index in [-0.39, 0.29) is 29.5 Å².